The molecule has 1 fully saturated rings. The highest BCUT2D eigenvalue weighted by Gasteiger charge is 2.31. The highest BCUT2D eigenvalue weighted by molar-refractivity contribution is 6.30. The van der Waals surface area contributed by atoms with Gasteiger partial charge in [0.25, 0.3) is 0 Å². The van der Waals surface area contributed by atoms with Crippen LogP contribution >= 0.6 is 23.2 Å². The van der Waals surface area contributed by atoms with Gasteiger partial charge in [-0.2, -0.15) is 0 Å². The van der Waals surface area contributed by atoms with Crippen LogP contribution in [0.4, 0.5) is 16.2 Å². The van der Waals surface area contributed by atoms with Crippen molar-refractivity contribution < 1.29 is 9.59 Å². The molecular formula is C16H14Cl2N4O2. The van der Waals surface area contributed by atoms with Crippen LogP contribution in [-0.2, 0) is 4.79 Å². The van der Waals surface area contributed by atoms with E-state index in [0.717, 1.165) is 5.69 Å². The largest absolute Gasteiger partial charge is 0.333 e. The predicted molar refractivity (Wildman–Crippen MR) is 93.6 cm³/mol. The molecule has 3 rings (SSSR count). The summed E-state index contributed by atoms with van der Waals surface area (Å²) >= 11 is 11.6. The molecule has 0 aliphatic carbocycles. The summed E-state index contributed by atoms with van der Waals surface area (Å²) in [5.41, 5.74) is 1.28. The maximum absolute atomic E-state index is 12.1. The predicted octanol–water partition coefficient (Wildman–Crippen LogP) is 3.32. The summed E-state index contributed by atoms with van der Waals surface area (Å²) in [4.78, 5) is 29.7. The van der Waals surface area contributed by atoms with Gasteiger partial charge in [-0.15, -0.1) is 0 Å². The summed E-state index contributed by atoms with van der Waals surface area (Å²) in [7, 11) is 0. The fourth-order valence-corrected chi connectivity index (χ4v) is 2.71. The molecule has 1 aliphatic heterocycles. The minimum atomic E-state index is -0.394. The van der Waals surface area contributed by atoms with E-state index in [0.29, 0.717) is 22.4 Å². The van der Waals surface area contributed by atoms with Crippen LogP contribution in [0.5, 0.6) is 0 Å². The molecule has 0 spiro atoms. The summed E-state index contributed by atoms with van der Waals surface area (Å²) in [6.07, 6.45) is 1.71. The topological polar surface area (TPSA) is 74.3 Å². The number of benzene rings is 1. The molecule has 1 aromatic carbocycles. The van der Waals surface area contributed by atoms with Crippen molar-refractivity contribution in [2.24, 2.45) is 0 Å². The quantitative estimate of drug-likeness (QED) is 0.820. The lowest BCUT2D eigenvalue weighted by Gasteiger charge is -2.17. The summed E-state index contributed by atoms with van der Waals surface area (Å²) in [5.74, 6) is -0.0456. The third-order valence-electron chi connectivity index (χ3n) is 3.58. The summed E-state index contributed by atoms with van der Waals surface area (Å²) in [6.45, 7) is 0.409. The number of hydrogen-bond acceptors (Lipinski definition) is 3. The Morgan fingerprint density at radius 1 is 1.17 bits per heavy atom. The van der Waals surface area contributed by atoms with Crippen LogP contribution in [0, 0.1) is 0 Å². The standard InChI is InChI=1S/C16H14Cl2N4O2/c17-10-1-4-13(5-2-10)22-9-12(7-15(22)23)21-16(24)20-11-3-6-14(18)19-8-11/h1-6,8,12H,7,9H2,(H2,20,21,24). The molecule has 2 N–H and O–H groups in total. The Morgan fingerprint density at radius 2 is 1.92 bits per heavy atom. The lowest BCUT2D eigenvalue weighted by atomic mass is 10.2. The molecule has 124 valence electrons. The van der Waals surface area contributed by atoms with Crippen LogP contribution in [0.25, 0.3) is 0 Å². The number of pyridine rings is 1. The molecule has 0 radical (unpaired) electrons. The number of aromatic nitrogens is 1. The smallest absolute Gasteiger partial charge is 0.319 e. The minimum absolute atomic E-state index is 0.0456. The van der Waals surface area contributed by atoms with Crippen molar-refractivity contribution in [2.75, 3.05) is 16.8 Å². The second-order valence-electron chi connectivity index (χ2n) is 5.35. The van der Waals surface area contributed by atoms with E-state index in [1.807, 2.05) is 0 Å². The number of halogens is 2. The van der Waals surface area contributed by atoms with Gasteiger partial charge in [-0.1, -0.05) is 23.2 Å². The van der Waals surface area contributed by atoms with Crippen molar-refractivity contribution in [3.05, 3.63) is 52.8 Å². The van der Waals surface area contributed by atoms with E-state index in [2.05, 4.69) is 15.6 Å². The normalized spacial score (nSPS) is 17.0. The van der Waals surface area contributed by atoms with Gasteiger partial charge in [-0.05, 0) is 36.4 Å². The van der Waals surface area contributed by atoms with Gasteiger partial charge in [0.1, 0.15) is 5.15 Å². The van der Waals surface area contributed by atoms with Crippen LogP contribution < -0.4 is 15.5 Å². The fourth-order valence-electron chi connectivity index (χ4n) is 2.48. The van der Waals surface area contributed by atoms with Gasteiger partial charge in [0.05, 0.1) is 17.9 Å². The van der Waals surface area contributed by atoms with Gasteiger partial charge in [0.2, 0.25) is 5.91 Å². The number of carbonyl (C=O) groups excluding carboxylic acids is 2. The van der Waals surface area contributed by atoms with Crippen LogP contribution in [0.2, 0.25) is 10.2 Å². The number of rotatable bonds is 3. The molecular weight excluding hydrogens is 351 g/mol. The molecule has 1 aromatic heterocycles. The van der Waals surface area contributed by atoms with Crippen LogP contribution in [0.3, 0.4) is 0 Å². The highest BCUT2D eigenvalue weighted by Crippen LogP contribution is 2.23. The molecule has 3 amide bonds. The molecule has 24 heavy (non-hydrogen) atoms. The van der Waals surface area contributed by atoms with E-state index in [1.165, 1.54) is 6.20 Å². The first kappa shape index (κ1) is 16.5. The Hall–Kier alpha value is -2.31. The van der Waals surface area contributed by atoms with E-state index in [1.54, 1.807) is 41.3 Å². The monoisotopic (exact) mass is 364 g/mol. The van der Waals surface area contributed by atoms with Gasteiger partial charge >= 0.3 is 6.03 Å². The van der Waals surface area contributed by atoms with E-state index in [-0.39, 0.29) is 18.4 Å². The number of nitrogens with zero attached hydrogens (tertiary/aromatic N) is 2. The lowest BCUT2D eigenvalue weighted by Crippen LogP contribution is -2.39. The van der Waals surface area contributed by atoms with E-state index in [4.69, 9.17) is 23.2 Å². The van der Waals surface area contributed by atoms with Crippen LogP contribution in [0.15, 0.2) is 42.6 Å². The summed E-state index contributed by atoms with van der Waals surface area (Å²) in [5, 5.41) is 6.39. The van der Waals surface area contributed by atoms with Gasteiger partial charge in [0.15, 0.2) is 0 Å². The first-order valence-electron chi connectivity index (χ1n) is 7.26. The van der Waals surface area contributed by atoms with Gasteiger partial charge < -0.3 is 15.5 Å². The number of carbonyl (C=O) groups is 2. The number of amides is 3. The molecule has 0 bridgehead atoms. The van der Waals surface area contributed by atoms with Crippen molar-refractivity contribution in [1.82, 2.24) is 10.3 Å². The highest BCUT2D eigenvalue weighted by atomic mass is 35.5. The summed E-state index contributed by atoms with van der Waals surface area (Å²) in [6, 6.07) is 9.58. The molecule has 1 aliphatic rings. The van der Waals surface area contributed by atoms with Crippen molar-refractivity contribution in [3.63, 3.8) is 0 Å². The van der Waals surface area contributed by atoms with Crippen molar-refractivity contribution >= 4 is 46.5 Å². The second-order valence-corrected chi connectivity index (χ2v) is 6.17. The molecule has 2 aromatic rings. The molecule has 6 nitrogen and oxygen atoms in total. The Kier molecular flexibility index (Phi) is 4.87. The molecule has 1 unspecified atom stereocenters. The van der Waals surface area contributed by atoms with Crippen LogP contribution in [-0.4, -0.2) is 29.5 Å². The molecule has 1 saturated heterocycles. The van der Waals surface area contributed by atoms with Crippen molar-refractivity contribution in [2.45, 2.75) is 12.5 Å². The second kappa shape index (κ2) is 7.07. The molecule has 0 saturated carbocycles. The van der Waals surface area contributed by atoms with Crippen molar-refractivity contribution in [3.8, 4) is 0 Å². The number of hydrogen-bond donors (Lipinski definition) is 2. The third kappa shape index (κ3) is 3.96. The van der Waals surface area contributed by atoms with Gasteiger partial charge in [0, 0.05) is 23.7 Å². The summed E-state index contributed by atoms with van der Waals surface area (Å²) < 4.78 is 0. The third-order valence-corrected chi connectivity index (χ3v) is 4.06. The van der Waals surface area contributed by atoms with Crippen molar-refractivity contribution in [1.29, 1.82) is 0 Å². The maximum Gasteiger partial charge on any atom is 0.319 e. The maximum atomic E-state index is 12.1. The Morgan fingerprint density at radius 3 is 2.58 bits per heavy atom. The average molecular weight is 365 g/mol. The SMILES string of the molecule is O=C(Nc1ccc(Cl)nc1)NC1CC(=O)N(c2ccc(Cl)cc2)C1. The zero-order chi connectivity index (χ0) is 17.1. The van der Waals surface area contributed by atoms with E-state index >= 15 is 0 Å². The zero-order valence-electron chi connectivity index (χ0n) is 12.5. The Labute approximate surface area is 148 Å². The number of anilines is 2. The lowest BCUT2D eigenvalue weighted by molar-refractivity contribution is -0.117. The first-order valence-corrected chi connectivity index (χ1v) is 8.02. The first-order chi connectivity index (χ1) is 11.5. The molecule has 8 heteroatoms. The van der Waals surface area contributed by atoms with E-state index < -0.39 is 6.03 Å². The molecule has 2 heterocycles. The Balaban J connectivity index is 1.58. The zero-order valence-corrected chi connectivity index (χ0v) is 14.0. The van der Waals surface area contributed by atoms with Gasteiger partial charge in [-0.25, -0.2) is 9.78 Å². The van der Waals surface area contributed by atoms with Crippen LogP contribution in [0.1, 0.15) is 6.42 Å². The molecule has 1 atom stereocenters. The number of urea groups is 1. The van der Waals surface area contributed by atoms with E-state index in [9.17, 15) is 9.59 Å². The Bertz CT molecular complexity index is 750. The van der Waals surface area contributed by atoms with Gasteiger partial charge in [-0.3, -0.25) is 4.79 Å². The average Bonchev–Trinajstić information content (AvgIpc) is 2.90. The number of nitrogens with one attached hydrogen (secondary N) is 2. The fraction of sp³-hybridized carbons (Fsp3) is 0.188. The minimum Gasteiger partial charge on any atom is -0.333 e.